The van der Waals surface area contributed by atoms with Gasteiger partial charge in [0.05, 0.1) is 0 Å². The van der Waals surface area contributed by atoms with Gasteiger partial charge < -0.3 is 0 Å². The molecule has 0 N–H and O–H groups in total. The summed E-state index contributed by atoms with van der Waals surface area (Å²) in [6, 6.07) is 0. The van der Waals surface area contributed by atoms with Gasteiger partial charge in [-0.3, -0.25) is 10.1 Å². The summed E-state index contributed by atoms with van der Waals surface area (Å²) in [6.45, 7) is 0. The van der Waals surface area contributed by atoms with E-state index in [0.717, 1.165) is 19.3 Å². The Hall–Kier alpha value is -0.310. The molecule has 2 aliphatic rings. The summed E-state index contributed by atoms with van der Waals surface area (Å²) < 4.78 is 0. The van der Waals surface area contributed by atoms with Crippen LogP contribution >= 0.6 is 11.6 Å². The normalized spacial score (nSPS) is 48.1. The molecule has 0 aromatic carbocycles. The number of nitrogens with zero attached hydrogens (tertiary/aromatic N) is 1. The summed E-state index contributed by atoms with van der Waals surface area (Å²) in [6.07, 6.45) is 3.67. The Labute approximate surface area is 69.9 Å². The van der Waals surface area contributed by atoms with Crippen LogP contribution in [0.15, 0.2) is 0 Å². The molecule has 0 aromatic heterocycles. The SMILES string of the molecule is O=[N+]([O-])C1(Cl)C[C@@H]2CC[C@H]1C2. The molecule has 4 heteroatoms. The second-order valence-electron chi connectivity index (χ2n) is 3.66. The van der Waals surface area contributed by atoms with Crippen molar-refractivity contribution in [3.63, 3.8) is 0 Å². The van der Waals surface area contributed by atoms with Crippen LogP contribution in [0.25, 0.3) is 0 Å². The van der Waals surface area contributed by atoms with Crippen molar-refractivity contribution in [1.29, 1.82) is 0 Å². The molecule has 3 atom stereocenters. The average molecular weight is 176 g/mol. The molecular formula is C7H10ClNO2. The lowest BCUT2D eigenvalue weighted by Crippen LogP contribution is -2.37. The van der Waals surface area contributed by atoms with Gasteiger partial charge in [0.25, 0.3) is 5.00 Å². The monoisotopic (exact) mass is 175 g/mol. The van der Waals surface area contributed by atoms with Crippen molar-refractivity contribution in [2.45, 2.75) is 30.7 Å². The zero-order chi connectivity index (χ0) is 8.06. The van der Waals surface area contributed by atoms with Gasteiger partial charge in [0.1, 0.15) is 0 Å². The average Bonchev–Trinajstić information content (AvgIpc) is 2.45. The number of hydrogen-bond donors (Lipinski definition) is 0. The lowest BCUT2D eigenvalue weighted by molar-refractivity contribution is -0.550. The number of halogens is 1. The molecule has 11 heavy (non-hydrogen) atoms. The van der Waals surface area contributed by atoms with Crippen LogP contribution in [0.4, 0.5) is 0 Å². The number of fused-ring (bicyclic) bond motifs is 2. The van der Waals surface area contributed by atoms with Gasteiger partial charge in [-0.05, 0) is 36.8 Å². The Kier molecular flexibility index (Phi) is 1.40. The molecule has 0 heterocycles. The van der Waals surface area contributed by atoms with Gasteiger partial charge >= 0.3 is 0 Å². The van der Waals surface area contributed by atoms with Crippen molar-refractivity contribution in [2.75, 3.05) is 0 Å². The molecule has 0 saturated heterocycles. The lowest BCUT2D eigenvalue weighted by Gasteiger charge is -2.22. The molecule has 0 radical (unpaired) electrons. The van der Waals surface area contributed by atoms with E-state index in [-0.39, 0.29) is 10.8 Å². The summed E-state index contributed by atoms with van der Waals surface area (Å²) in [7, 11) is 0. The lowest BCUT2D eigenvalue weighted by atomic mass is 9.95. The van der Waals surface area contributed by atoms with Crippen LogP contribution in [0.5, 0.6) is 0 Å². The second kappa shape index (κ2) is 2.09. The largest absolute Gasteiger partial charge is 0.297 e. The summed E-state index contributed by atoms with van der Waals surface area (Å²) in [5.74, 6) is 0.673. The van der Waals surface area contributed by atoms with Crippen LogP contribution < -0.4 is 0 Å². The molecule has 0 aliphatic heterocycles. The highest BCUT2D eigenvalue weighted by molar-refractivity contribution is 6.23. The first kappa shape index (κ1) is 7.35. The first-order valence-corrected chi connectivity index (χ1v) is 4.34. The van der Waals surface area contributed by atoms with Crippen LogP contribution in [0.3, 0.4) is 0 Å². The van der Waals surface area contributed by atoms with Crippen LogP contribution in [0.1, 0.15) is 25.7 Å². The van der Waals surface area contributed by atoms with Gasteiger partial charge in [-0.25, -0.2) is 0 Å². The van der Waals surface area contributed by atoms with E-state index in [1.54, 1.807) is 0 Å². The van der Waals surface area contributed by atoms with Crippen LogP contribution in [-0.2, 0) is 0 Å². The third-order valence-corrected chi connectivity index (χ3v) is 3.65. The van der Waals surface area contributed by atoms with Crippen molar-refractivity contribution in [2.24, 2.45) is 11.8 Å². The van der Waals surface area contributed by atoms with Gasteiger partial charge in [0.15, 0.2) is 0 Å². The highest BCUT2D eigenvalue weighted by atomic mass is 35.5. The zero-order valence-corrected chi connectivity index (χ0v) is 6.88. The summed E-state index contributed by atoms with van der Waals surface area (Å²) in [4.78, 5) is 9.20. The molecule has 2 saturated carbocycles. The molecular weight excluding hydrogens is 166 g/mol. The Morgan fingerprint density at radius 3 is 2.55 bits per heavy atom. The highest BCUT2D eigenvalue weighted by Crippen LogP contribution is 2.54. The quantitative estimate of drug-likeness (QED) is 0.265. The molecule has 1 unspecified atom stereocenters. The number of rotatable bonds is 1. The minimum absolute atomic E-state index is 0.143. The van der Waals surface area contributed by atoms with E-state index in [2.05, 4.69) is 0 Å². The first-order chi connectivity index (χ1) is 5.13. The molecule has 0 amide bonds. The van der Waals surface area contributed by atoms with E-state index < -0.39 is 5.00 Å². The standard InChI is InChI=1S/C7H10ClNO2/c8-7(9(10)11)4-5-1-2-6(7)3-5/h5-6H,1-4H2/t5-,6+,7?/m1/s1. The first-order valence-electron chi connectivity index (χ1n) is 3.96. The predicted octanol–water partition coefficient (Wildman–Crippen LogP) is 2.02. The molecule has 2 rings (SSSR count). The third-order valence-electron chi connectivity index (χ3n) is 3.05. The number of nitro groups is 1. The molecule has 62 valence electrons. The topological polar surface area (TPSA) is 43.1 Å². The minimum atomic E-state index is -1.09. The molecule has 2 bridgehead atoms. The minimum Gasteiger partial charge on any atom is -0.263 e. The van der Waals surface area contributed by atoms with Gasteiger partial charge in [-0.15, -0.1) is 0 Å². The van der Waals surface area contributed by atoms with Crippen molar-refractivity contribution in [1.82, 2.24) is 0 Å². The Morgan fingerprint density at radius 1 is 1.55 bits per heavy atom. The molecule has 3 nitrogen and oxygen atoms in total. The molecule has 2 fully saturated rings. The predicted molar refractivity (Wildman–Crippen MR) is 41.0 cm³/mol. The Bertz CT molecular complexity index is 209. The Morgan fingerprint density at radius 2 is 2.27 bits per heavy atom. The molecule has 2 aliphatic carbocycles. The maximum atomic E-state index is 10.6. The van der Waals surface area contributed by atoms with Gasteiger partial charge in [0, 0.05) is 17.3 Å². The van der Waals surface area contributed by atoms with E-state index in [9.17, 15) is 10.1 Å². The summed E-state index contributed by atoms with van der Waals surface area (Å²) >= 11 is 5.90. The second-order valence-corrected chi connectivity index (χ2v) is 4.31. The van der Waals surface area contributed by atoms with E-state index in [1.807, 2.05) is 0 Å². The van der Waals surface area contributed by atoms with Crippen molar-refractivity contribution in [3.05, 3.63) is 10.1 Å². The maximum Gasteiger partial charge on any atom is 0.297 e. The summed E-state index contributed by atoms with van der Waals surface area (Å²) in [5.41, 5.74) is 0. The van der Waals surface area contributed by atoms with Crippen molar-refractivity contribution in [3.8, 4) is 0 Å². The van der Waals surface area contributed by atoms with Crippen LogP contribution in [0.2, 0.25) is 0 Å². The maximum absolute atomic E-state index is 10.6. The van der Waals surface area contributed by atoms with E-state index in [0.29, 0.717) is 12.3 Å². The van der Waals surface area contributed by atoms with E-state index >= 15 is 0 Å². The van der Waals surface area contributed by atoms with Crippen molar-refractivity contribution >= 4 is 11.6 Å². The molecule has 0 spiro atoms. The van der Waals surface area contributed by atoms with Crippen LogP contribution in [0, 0.1) is 22.0 Å². The number of alkyl halides is 1. The van der Waals surface area contributed by atoms with Crippen molar-refractivity contribution < 1.29 is 4.92 Å². The fraction of sp³-hybridized carbons (Fsp3) is 1.00. The number of hydrogen-bond acceptors (Lipinski definition) is 2. The van der Waals surface area contributed by atoms with Gasteiger partial charge in [-0.1, -0.05) is 0 Å². The van der Waals surface area contributed by atoms with Gasteiger partial charge in [0.2, 0.25) is 0 Å². The Balaban J connectivity index is 2.23. The van der Waals surface area contributed by atoms with E-state index in [4.69, 9.17) is 11.6 Å². The highest BCUT2D eigenvalue weighted by Gasteiger charge is 2.58. The fourth-order valence-corrected chi connectivity index (χ4v) is 2.87. The molecule has 0 aromatic rings. The zero-order valence-electron chi connectivity index (χ0n) is 6.12. The van der Waals surface area contributed by atoms with Gasteiger partial charge in [-0.2, -0.15) is 0 Å². The summed E-state index contributed by atoms with van der Waals surface area (Å²) in [5, 5.41) is 10.6. The third kappa shape index (κ3) is 0.868. The van der Waals surface area contributed by atoms with E-state index in [1.165, 1.54) is 0 Å². The smallest absolute Gasteiger partial charge is 0.263 e. The fourth-order valence-electron chi connectivity index (χ4n) is 2.46. The van der Waals surface area contributed by atoms with Crippen LogP contribution in [-0.4, -0.2) is 9.92 Å².